The second kappa shape index (κ2) is 7.81. The molecule has 1 fully saturated rings. The highest BCUT2D eigenvalue weighted by atomic mass is 16.5. The Labute approximate surface area is 143 Å². The molecule has 24 heavy (non-hydrogen) atoms. The van der Waals surface area contributed by atoms with E-state index in [1.165, 1.54) is 18.4 Å². The summed E-state index contributed by atoms with van der Waals surface area (Å²) in [5.41, 5.74) is 1.68. The lowest BCUT2D eigenvalue weighted by molar-refractivity contribution is 0.320. The first-order valence-corrected chi connectivity index (χ1v) is 8.35. The Kier molecular flexibility index (Phi) is 5.31. The molecule has 1 aromatic carbocycles. The third-order valence-corrected chi connectivity index (χ3v) is 4.36. The van der Waals surface area contributed by atoms with Crippen LogP contribution in [0.3, 0.4) is 0 Å². The van der Waals surface area contributed by atoms with E-state index in [4.69, 9.17) is 4.74 Å². The van der Waals surface area contributed by atoms with Gasteiger partial charge >= 0.3 is 0 Å². The fourth-order valence-electron chi connectivity index (χ4n) is 2.75. The lowest BCUT2D eigenvalue weighted by atomic mass is 9.96. The summed E-state index contributed by atoms with van der Waals surface area (Å²) in [5, 5.41) is 6.73. The Bertz CT molecular complexity index is 654. The van der Waals surface area contributed by atoms with Crippen LogP contribution in [0.2, 0.25) is 0 Å². The molecule has 5 heteroatoms. The molecule has 0 aliphatic heterocycles. The zero-order valence-electron chi connectivity index (χ0n) is 14.0. The number of hydrogen-bond donors (Lipinski definition) is 2. The minimum atomic E-state index is 0.269. The zero-order chi connectivity index (χ0) is 16.7. The van der Waals surface area contributed by atoms with Crippen LogP contribution < -0.4 is 15.4 Å². The first-order valence-electron chi connectivity index (χ1n) is 8.35. The quantitative estimate of drug-likeness (QED) is 0.466. The minimum absolute atomic E-state index is 0.269. The van der Waals surface area contributed by atoms with Crippen molar-refractivity contribution in [2.24, 2.45) is 4.99 Å². The first kappa shape index (κ1) is 16.3. The molecule has 0 atom stereocenters. The van der Waals surface area contributed by atoms with Crippen LogP contribution in [-0.2, 0) is 5.41 Å². The van der Waals surface area contributed by atoms with Crippen molar-refractivity contribution in [1.82, 2.24) is 15.6 Å². The highest BCUT2D eigenvalue weighted by Crippen LogP contribution is 2.47. The Balaban J connectivity index is 1.41. The van der Waals surface area contributed by atoms with Gasteiger partial charge in [-0.2, -0.15) is 0 Å². The highest BCUT2D eigenvalue weighted by Gasteiger charge is 2.43. The van der Waals surface area contributed by atoms with E-state index in [9.17, 15) is 0 Å². The van der Waals surface area contributed by atoms with Gasteiger partial charge in [-0.1, -0.05) is 30.3 Å². The number of aromatic nitrogens is 1. The third-order valence-electron chi connectivity index (χ3n) is 4.36. The standard InChI is InChI=1S/C19H24N4O/c1-20-18(22-12-13-24-17-8-5-11-21-14-17)23-15-19(9-10-19)16-6-3-2-4-7-16/h2-8,11,14H,9-10,12-13,15H2,1H3,(H2,20,22,23). The molecule has 0 unspecified atom stereocenters. The number of ether oxygens (including phenoxy) is 1. The predicted molar refractivity (Wildman–Crippen MR) is 96.5 cm³/mol. The monoisotopic (exact) mass is 324 g/mol. The van der Waals surface area contributed by atoms with Gasteiger partial charge in [0.1, 0.15) is 12.4 Å². The van der Waals surface area contributed by atoms with Crippen molar-refractivity contribution in [3.05, 3.63) is 60.4 Å². The molecule has 0 amide bonds. The zero-order valence-corrected chi connectivity index (χ0v) is 14.0. The van der Waals surface area contributed by atoms with Crippen molar-refractivity contribution in [2.75, 3.05) is 26.7 Å². The molecule has 1 aliphatic carbocycles. The van der Waals surface area contributed by atoms with Crippen LogP contribution in [0.25, 0.3) is 0 Å². The lowest BCUT2D eigenvalue weighted by Gasteiger charge is -2.19. The number of nitrogens with zero attached hydrogens (tertiary/aromatic N) is 2. The van der Waals surface area contributed by atoms with Gasteiger partial charge in [-0.15, -0.1) is 0 Å². The maximum atomic E-state index is 5.62. The van der Waals surface area contributed by atoms with Gasteiger partial charge in [0.05, 0.1) is 12.7 Å². The smallest absolute Gasteiger partial charge is 0.191 e. The highest BCUT2D eigenvalue weighted by molar-refractivity contribution is 5.79. The van der Waals surface area contributed by atoms with Gasteiger partial charge in [-0.05, 0) is 30.5 Å². The molecule has 0 radical (unpaired) electrons. The Morgan fingerprint density at radius 3 is 2.67 bits per heavy atom. The van der Waals surface area contributed by atoms with Crippen molar-refractivity contribution in [1.29, 1.82) is 0 Å². The Morgan fingerprint density at radius 2 is 2.00 bits per heavy atom. The summed E-state index contributed by atoms with van der Waals surface area (Å²) >= 11 is 0. The molecule has 126 valence electrons. The number of rotatable bonds is 7. The molecular weight excluding hydrogens is 300 g/mol. The molecular formula is C19H24N4O. The average molecular weight is 324 g/mol. The van der Waals surface area contributed by atoms with Crippen LogP contribution >= 0.6 is 0 Å². The van der Waals surface area contributed by atoms with Crippen molar-refractivity contribution < 1.29 is 4.74 Å². The summed E-state index contributed by atoms with van der Waals surface area (Å²) < 4.78 is 5.62. The van der Waals surface area contributed by atoms with E-state index in [0.29, 0.717) is 13.2 Å². The second-order valence-electron chi connectivity index (χ2n) is 6.04. The fourth-order valence-corrected chi connectivity index (χ4v) is 2.75. The van der Waals surface area contributed by atoms with Crippen LogP contribution in [-0.4, -0.2) is 37.7 Å². The largest absolute Gasteiger partial charge is 0.490 e. The maximum absolute atomic E-state index is 5.62. The molecule has 0 bridgehead atoms. The molecule has 0 spiro atoms. The second-order valence-corrected chi connectivity index (χ2v) is 6.04. The number of aliphatic imine (C=N–C) groups is 1. The number of hydrogen-bond acceptors (Lipinski definition) is 3. The minimum Gasteiger partial charge on any atom is -0.490 e. The summed E-state index contributed by atoms with van der Waals surface area (Å²) in [6.45, 7) is 2.16. The van der Waals surface area contributed by atoms with E-state index in [2.05, 4.69) is 50.9 Å². The number of pyridine rings is 1. The Morgan fingerprint density at radius 1 is 1.17 bits per heavy atom. The van der Waals surface area contributed by atoms with E-state index in [-0.39, 0.29) is 5.41 Å². The number of guanidine groups is 1. The van der Waals surface area contributed by atoms with Crippen LogP contribution in [0.4, 0.5) is 0 Å². The summed E-state index contributed by atoms with van der Waals surface area (Å²) in [4.78, 5) is 8.31. The molecule has 1 aliphatic rings. The first-order chi connectivity index (χ1) is 11.8. The predicted octanol–water partition coefficient (Wildman–Crippen LogP) is 2.36. The van der Waals surface area contributed by atoms with Gasteiger partial charge in [0.25, 0.3) is 0 Å². The molecule has 2 aromatic rings. The molecule has 3 rings (SSSR count). The third kappa shape index (κ3) is 4.25. The topological polar surface area (TPSA) is 58.5 Å². The van der Waals surface area contributed by atoms with Gasteiger partial charge in [-0.3, -0.25) is 9.98 Å². The number of nitrogens with one attached hydrogen (secondary N) is 2. The van der Waals surface area contributed by atoms with Gasteiger partial charge in [-0.25, -0.2) is 0 Å². The van der Waals surface area contributed by atoms with Crippen LogP contribution in [0.15, 0.2) is 59.9 Å². The molecule has 2 N–H and O–H groups in total. The van der Waals surface area contributed by atoms with Crippen LogP contribution in [0.1, 0.15) is 18.4 Å². The maximum Gasteiger partial charge on any atom is 0.191 e. The van der Waals surface area contributed by atoms with Crippen LogP contribution in [0, 0.1) is 0 Å². The van der Waals surface area contributed by atoms with E-state index in [1.807, 2.05) is 12.1 Å². The molecule has 0 saturated heterocycles. The SMILES string of the molecule is CN=C(NCCOc1cccnc1)NCC1(c2ccccc2)CC1. The van der Waals surface area contributed by atoms with Crippen LogP contribution in [0.5, 0.6) is 5.75 Å². The van der Waals surface area contributed by atoms with Gasteiger partial charge in [0, 0.05) is 25.2 Å². The number of benzene rings is 1. The summed E-state index contributed by atoms with van der Waals surface area (Å²) in [6.07, 6.45) is 5.90. The summed E-state index contributed by atoms with van der Waals surface area (Å²) in [5.74, 6) is 1.59. The van der Waals surface area contributed by atoms with Gasteiger partial charge in [0.15, 0.2) is 5.96 Å². The van der Waals surface area contributed by atoms with E-state index < -0.39 is 0 Å². The van der Waals surface area contributed by atoms with E-state index in [1.54, 1.807) is 19.4 Å². The summed E-state index contributed by atoms with van der Waals surface area (Å²) in [6, 6.07) is 14.5. The van der Waals surface area contributed by atoms with Crippen molar-refractivity contribution in [3.8, 4) is 5.75 Å². The Hall–Kier alpha value is -2.56. The molecule has 5 nitrogen and oxygen atoms in total. The van der Waals surface area contributed by atoms with Gasteiger partial charge < -0.3 is 15.4 Å². The van der Waals surface area contributed by atoms with Gasteiger partial charge in [0.2, 0.25) is 0 Å². The van der Waals surface area contributed by atoms with Crippen molar-refractivity contribution in [2.45, 2.75) is 18.3 Å². The van der Waals surface area contributed by atoms with Crippen molar-refractivity contribution in [3.63, 3.8) is 0 Å². The summed E-state index contributed by atoms with van der Waals surface area (Å²) in [7, 11) is 1.79. The van der Waals surface area contributed by atoms with E-state index >= 15 is 0 Å². The van der Waals surface area contributed by atoms with Crippen molar-refractivity contribution >= 4 is 5.96 Å². The lowest BCUT2D eigenvalue weighted by Crippen LogP contribution is -2.42. The normalized spacial score (nSPS) is 15.6. The average Bonchev–Trinajstić information content (AvgIpc) is 3.44. The molecule has 1 heterocycles. The fraction of sp³-hybridized carbons (Fsp3) is 0.368. The van der Waals surface area contributed by atoms with E-state index in [0.717, 1.165) is 18.3 Å². The molecule has 1 aromatic heterocycles. The molecule has 1 saturated carbocycles.